The van der Waals surface area contributed by atoms with Crippen LogP contribution in [0.25, 0.3) is 0 Å². The van der Waals surface area contributed by atoms with E-state index in [0.29, 0.717) is 18.8 Å². The first-order valence-corrected chi connectivity index (χ1v) is 9.35. The molecule has 128 valence electrons. The average Bonchev–Trinajstić information content (AvgIpc) is 2.66. The van der Waals surface area contributed by atoms with Gasteiger partial charge in [-0.25, -0.2) is 8.42 Å². The van der Waals surface area contributed by atoms with Gasteiger partial charge in [-0.1, -0.05) is 36.4 Å². The third kappa shape index (κ3) is 2.43. The summed E-state index contributed by atoms with van der Waals surface area (Å²) in [6.07, 6.45) is 0. The minimum atomic E-state index is -3.88. The summed E-state index contributed by atoms with van der Waals surface area (Å²) in [5.74, 6) is -0.762. The van der Waals surface area contributed by atoms with Crippen molar-refractivity contribution < 1.29 is 22.7 Å². The van der Waals surface area contributed by atoms with E-state index in [0.717, 1.165) is 0 Å². The van der Waals surface area contributed by atoms with E-state index < -0.39 is 15.8 Å². The molecule has 2 aliphatic rings. The zero-order valence-corrected chi connectivity index (χ0v) is 14.1. The molecule has 0 aromatic heterocycles. The number of fused-ring (bicyclic) bond motifs is 2. The molecule has 4 rings (SSSR count). The van der Waals surface area contributed by atoms with Crippen molar-refractivity contribution in [3.63, 3.8) is 0 Å². The molecule has 0 spiro atoms. The summed E-state index contributed by atoms with van der Waals surface area (Å²) in [6, 6.07) is 10.9. The second-order valence-corrected chi connectivity index (χ2v) is 7.81. The van der Waals surface area contributed by atoms with E-state index in [1.807, 2.05) is 0 Å². The van der Waals surface area contributed by atoms with Gasteiger partial charge in [0.05, 0.1) is 23.7 Å². The molecule has 25 heavy (non-hydrogen) atoms. The zero-order chi connectivity index (χ0) is 17.6. The Morgan fingerprint density at radius 2 is 1.40 bits per heavy atom. The normalized spacial score (nSPS) is 17.9. The van der Waals surface area contributed by atoms with E-state index >= 15 is 0 Å². The molecule has 7 heteroatoms. The Morgan fingerprint density at radius 1 is 0.800 bits per heavy atom. The van der Waals surface area contributed by atoms with Crippen molar-refractivity contribution in [2.75, 3.05) is 26.3 Å². The summed E-state index contributed by atoms with van der Waals surface area (Å²) >= 11 is 0. The smallest absolute Gasteiger partial charge is 0.243 e. The Kier molecular flexibility index (Phi) is 3.79. The molecule has 2 aromatic carbocycles. The second-order valence-electron chi connectivity index (χ2n) is 5.90. The Bertz CT molecular complexity index is 990. The first kappa shape index (κ1) is 16.1. The van der Waals surface area contributed by atoms with Crippen molar-refractivity contribution in [2.24, 2.45) is 0 Å². The van der Waals surface area contributed by atoms with Gasteiger partial charge in [0, 0.05) is 29.8 Å². The third-order valence-corrected chi connectivity index (χ3v) is 6.44. The lowest BCUT2D eigenvalue weighted by Gasteiger charge is -2.28. The predicted molar refractivity (Wildman–Crippen MR) is 89.3 cm³/mol. The molecule has 0 unspecified atom stereocenters. The van der Waals surface area contributed by atoms with Crippen LogP contribution in [0.2, 0.25) is 0 Å². The minimum Gasteiger partial charge on any atom is -0.379 e. The minimum absolute atomic E-state index is 0.0299. The number of hydrogen-bond donors (Lipinski definition) is 0. The molecule has 0 radical (unpaired) electrons. The van der Waals surface area contributed by atoms with Crippen LogP contribution in [-0.4, -0.2) is 50.6 Å². The predicted octanol–water partition coefficient (Wildman–Crippen LogP) is 1.48. The second kappa shape index (κ2) is 5.87. The highest BCUT2D eigenvalue weighted by atomic mass is 32.2. The molecule has 0 saturated carbocycles. The van der Waals surface area contributed by atoms with Crippen LogP contribution in [0.5, 0.6) is 0 Å². The number of ether oxygens (including phenoxy) is 1. The number of carbonyl (C=O) groups excluding carboxylic acids is 2. The molecule has 1 saturated heterocycles. The molecule has 1 fully saturated rings. The molecule has 0 amide bonds. The van der Waals surface area contributed by atoms with Gasteiger partial charge in [-0.05, 0) is 6.07 Å². The summed E-state index contributed by atoms with van der Waals surface area (Å²) in [5, 5.41) is 0. The Hall–Kier alpha value is -2.35. The van der Waals surface area contributed by atoms with E-state index in [4.69, 9.17) is 4.74 Å². The van der Waals surface area contributed by atoms with Crippen LogP contribution in [0, 0.1) is 0 Å². The molecule has 0 atom stereocenters. The van der Waals surface area contributed by atoms with Crippen LogP contribution >= 0.6 is 0 Å². The number of sulfonamides is 1. The maximum absolute atomic E-state index is 13.0. The van der Waals surface area contributed by atoms with Crippen molar-refractivity contribution in [1.82, 2.24) is 4.31 Å². The van der Waals surface area contributed by atoms with Crippen LogP contribution < -0.4 is 0 Å². The summed E-state index contributed by atoms with van der Waals surface area (Å²) in [4.78, 5) is 25.6. The van der Waals surface area contributed by atoms with E-state index in [2.05, 4.69) is 0 Å². The van der Waals surface area contributed by atoms with Gasteiger partial charge in [0.2, 0.25) is 10.0 Å². The Morgan fingerprint density at radius 3 is 2.08 bits per heavy atom. The van der Waals surface area contributed by atoms with E-state index in [1.165, 1.54) is 22.5 Å². The third-order valence-electron chi connectivity index (χ3n) is 4.50. The zero-order valence-electron chi connectivity index (χ0n) is 13.3. The van der Waals surface area contributed by atoms with Gasteiger partial charge in [0.25, 0.3) is 0 Å². The van der Waals surface area contributed by atoms with Gasteiger partial charge in [0.15, 0.2) is 11.6 Å². The largest absolute Gasteiger partial charge is 0.379 e. The van der Waals surface area contributed by atoms with Crippen molar-refractivity contribution in [3.05, 3.63) is 64.7 Å². The van der Waals surface area contributed by atoms with Crippen molar-refractivity contribution in [1.29, 1.82) is 0 Å². The molecule has 1 aliphatic heterocycles. The molecule has 6 nitrogen and oxygen atoms in total. The lowest BCUT2D eigenvalue weighted by molar-refractivity contribution is 0.0730. The van der Waals surface area contributed by atoms with Gasteiger partial charge < -0.3 is 4.74 Å². The first-order chi connectivity index (χ1) is 12.0. The van der Waals surface area contributed by atoms with Gasteiger partial charge in [-0.3, -0.25) is 9.59 Å². The number of hydrogen-bond acceptors (Lipinski definition) is 5. The van der Waals surface area contributed by atoms with Crippen LogP contribution in [-0.2, 0) is 14.8 Å². The summed E-state index contributed by atoms with van der Waals surface area (Å²) < 4.78 is 32.6. The van der Waals surface area contributed by atoms with Crippen LogP contribution in [0.4, 0.5) is 0 Å². The van der Waals surface area contributed by atoms with Crippen LogP contribution in [0.3, 0.4) is 0 Å². The monoisotopic (exact) mass is 357 g/mol. The average molecular weight is 357 g/mol. The molecular weight excluding hydrogens is 342 g/mol. The fourth-order valence-corrected chi connectivity index (χ4v) is 4.87. The van der Waals surface area contributed by atoms with Crippen molar-refractivity contribution >= 4 is 21.6 Å². The fourth-order valence-electron chi connectivity index (χ4n) is 3.25. The SMILES string of the molecule is O=C1c2ccccc2C(=O)c2c1cccc2S(=O)(=O)N1CCOCC1. The van der Waals surface area contributed by atoms with E-state index in [1.54, 1.807) is 24.3 Å². The highest BCUT2D eigenvalue weighted by Crippen LogP contribution is 2.32. The molecule has 1 heterocycles. The standard InChI is InChI=1S/C18H15NO5S/c20-17-12-4-1-2-5-13(12)18(21)16-14(17)6-3-7-15(16)25(22,23)19-8-10-24-11-9-19/h1-7H,8-11H2. The lowest BCUT2D eigenvalue weighted by Crippen LogP contribution is -2.41. The van der Waals surface area contributed by atoms with Gasteiger partial charge in [0.1, 0.15) is 0 Å². The Labute approximate surface area is 145 Å². The van der Waals surface area contributed by atoms with Crippen molar-refractivity contribution in [3.8, 4) is 0 Å². The molecule has 0 N–H and O–H groups in total. The Balaban J connectivity index is 1.91. The van der Waals surface area contributed by atoms with Crippen LogP contribution in [0.15, 0.2) is 47.4 Å². The number of rotatable bonds is 2. The quantitative estimate of drug-likeness (QED) is 0.694. The maximum Gasteiger partial charge on any atom is 0.243 e. The fraction of sp³-hybridized carbons (Fsp3) is 0.222. The number of nitrogens with zero attached hydrogens (tertiary/aromatic N) is 1. The summed E-state index contributed by atoms with van der Waals surface area (Å²) in [7, 11) is -3.88. The summed E-state index contributed by atoms with van der Waals surface area (Å²) in [5.41, 5.74) is 0.654. The number of ketones is 2. The molecule has 2 aromatic rings. The molecule has 0 bridgehead atoms. The number of morpholine rings is 1. The van der Waals surface area contributed by atoms with Gasteiger partial charge in [-0.2, -0.15) is 4.31 Å². The summed E-state index contributed by atoms with van der Waals surface area (Å²) in [6.45, 7) is 1.07. The lowest BCUT2D eigenvalue weighted by atomic mass is 9.84. The molecule has 1 aliphatic carbocycles. The molecular formula is C18H15NO5S. The van der Waals surface area contributed by atoms with Gasteiger partial charge in [-0.15, -0.1) is 0 Å². The van der Waals surface area contributed by atoms with Gasteiger partial charge >= 0.3 is 0 Å². The van der Waals surface area contributed by atoms with E-state index in [9.17, 15) is 18.0 Å². The van der Waals surface area contributed by atoms with Crippen LogP contribution in [0.1, 0.15) is 31.8 Å². The highest BCUT2D eigenvalue weighted by Gasteiger charge is 2.37. The first-order valence-electron chi connectivity index (χ1n) is 7.91. The highest BCUT2D eigenvalue weighted by molar-refractivity contribution is 7.89. The maximum atomic E-state index is 13.0. The van der Waals surface area contributed by atoms with Crippen molar-refractivity contribution in [2.45, 2.75) is 4.90 Å². The topological polar surface area (TPSA) is 80.8 Å². The number of carbonyl (C=O) groups is 2. The number of benzene rings is 2. The van der Waals surface area contributed by atoms with E-state index in [-0.39, 0.29) is 40.5 Å².